The molecule has 1 aromatic carbocycles. The molecule has 0 saturated carbocycles. The molecular formula is C16H18FN3O. The van der Waals surface area contributed by atoms with Crippen molar-refractivity contribution in [2.24, 2.45) is 0 Å². The van der Waals surface area contributed by atoms with Crippen molar-refractivity contribution in [1.82, 2.24) is 9.97 Å². The Balaban J connectivity index is 1.92. The number of nitrogens with zero attached hydrogens (tertiary/aromatic N) is 3. The lowest BCUT2D eigenvalue weighted by molar-refractivity contribution is 0.154. The average Bonchev–Trinajstić information content (AvgIpc) is 2.47. The van der Waals surface area contributed by atoms with E-state index in [1.54, 1.807) is 18.3 Å². The van der Waals surface area contributed by atoms with E-state index in [1.165, 1.54) is 6.07 Å². The van der Waals surface area contributed by atoms with Crippen molar-refractivity contribution >= 4 is 5.82 Å². The largest absolute Gasteiger partial charge is 0.391 e. The minimum Gasteiger partial charge on any atom is -0.391 e. The summed E-state index contributed by atoms with van der Waals surface area (Å²) in [5.41, 5.74) is 1.27. The van der Waals surface area contributed by atoms with Gasteiger partial charge in [0.15, 0.2) is 5.82 Å². The van der Waals surface area contributed by atoms with Gasteiger partial charge in [-0.3, -0.25) is 0 Å². The maximum absolute atomic E-state index is 14.0. The second-order valence-electron chi connectivity index (χ2n) is 5.46. The third-order valence-corrected chi connectivity index (χ3v) is 3.73. The maximum Gasteiger partial charge on any atom is 0.164 e. The van der Waals surface area contributed by atoms with Crippen molar-refractivity contribution in [1.29, 1.82) is 0 Å². The van der Waals surface area contributed by atoms with E-state index in [0.717, 1.165) is 30.8 Å². The lowest BCUT2D eigenvalue weighted by atomic mass is 10.1. The summed E-state index contributed by atoms with van der Waals surface area (Å²) in [7, 11) is 0. The Morgan fingerprint density at radius 3 is 2.95 bits per heavy atom. The quantitative estimate of drug-likeness (QED) is 0.922. The molecular weight excluding hydrogens is 269 g/mol. The van der Waals surface area contributed by atoms with Gasteiger partial charge in [0.1, 0.15) is 11.6 Å². The van der Waals surface area contributed by atoms with Gasteiger partial charge in [-0.25, -0.2) is 14.4 Å². The van der Waals surface area contributed by atoms with E-state index in [1.807, 2.05) is 17.9 Å². The number of halogens is 1. The number of anilines is 1. The number of rotatable bonds is 2. The van der Waals surface area contributed by atoms with Crippen LogP contribution in [0.2, 0.25) is 0 Å². The van der Waals surface area contributed by atoms with Crippen LogP contribution in [-0.4, -0.2) is 34.3 Å². The lowest BCUT2D eigenvalue weighted by Gasteiger charge is -2.31. The zero-order chi connectivity index (χ0) is 14.8. The van der Waals surface area contributed by atoms with E-state index in [4.69, 9.17) is 0 Å². The molecule has 110 valence electrons. The van der Waals surface area contributed by atoms with Gasteiger partial charge in [0, 0.05) is 19.3 Å². The highest BCUT2D eigenvalue weighted by Gasteiger charge is 2.19. The second kappa shape index (κ2) is 5.77. The number of aliphatic hydroxyl groups excluding tert-OH is 1. The van der Waals surface area contributed by atoms with Gasteiger partial charge in [0.25, 0.3) is 0 Å². The molecule has 0 unspecified atom stereocenters. The van der Waals surface area contributed by atoms with E-state index in [0.29, 0.717) is 17.9 Å². The van der Waals surface area contributed by atoms with Crippen LogP contribution in [0.1, 0.15) is 18.4 Å². The molecule has 0 spiro atoms. The molecule has 0 amide bonds. The van der Waals surface area contributed by atoms with Crippen LogP contribution in [0.5, 0.6) is 0 Å². The highest BCUT2D eigenvalue weighted by molar-refractivity contribution is 5.58. The predicted octanol–water partition coefficient (Wildman–Crippen LogP) is 2.55. The average molecular weight is 287 g/mol. The first-order valence-electron chi connectivity index (χ1n) is 7.16. The van der Waals surface area contributed by atoms with Crippen LogP contribution < -0.4 is 4.90 Å². The summed E-state index contributed by atoms with van der Waals surface area (Å²) in [6.45, 7) is 3.26. The summed E-state index contributed by atoms with van der Waals surface area (Å²) < 4.78 is 14.0. The molecule has 21 heavy (non-hydrogen) atoms. The zero-order valence-electron chi connectivity index (χ0n) is 12.0. The second-order valence-corrected chi connectivity index (χ2v) is 5.46. The van der Waals surface area contributed by atoms with Gasteiger partial charge in [-0.05, 0) is 43.5 Å². The van der Waals surface area contributed by atoms with Gasteiger partial charge in [0.05, 0.1) is 11.7 Å². The number of hydrogen-bond acceptors (Lipinski definition) is 4. The van der Waals surface area contributed by atoms with E-state index >= 15 is 0 Å². The first-order chi connectivity index (χ1) is 10.1. The Hall–Kier alpha value is -2.01. The van der Waals surface area contributed by atoms with Crippen LogP contribution in [0.3, 0.4) is 0 Å². The molecule has 1 N–H and O–H groups in total. The van der Waals surface area contributed by atoms with Crippen LogP contribution in [-0.2, 0) is 0 Å². The Morgan fingerprint density at radius 2 is 2.19 bits per heavy atom. The predicted molar refractivity (Wildman–Crippen MR) is 79.6 cm³/mol. The molecule has 1 atom stereocenters. The van der Waals surface area contributed by atoms with E-state index < -0.39 is 0 Å². The van der Waals surface area contributed by atoms with Crippen LogP contribution in [0, 0.1) is 12.7 Å². The van der Waals surface area contributed by atoms with Gasteiger partial charge in [-0.2, -0.15) is 0 Å². The molecule has 5 heteroatoms. The summed E-state index contributed by atoms with van der Waals surface area (Å²) in [5, 5.41) is 9.76. The minimum absolute atomic E-state index is 0.314. The molecule has 1 aliphatic rings. The van der Waals surface area contributed by atoms with Gasteiger partial charge in [-0.15, -0.1) is 0 Å². The first-order valence-corrected chi connectivity index (χ1v) is 7.16. The number of aliphatic hydroxyl groups is 1. The topological polar surface area (TPSA) is 49.2 Å². The van der Waals surface area contributed by atoms with Crippen molar-refractivity contribution in [3.05, 3.63) is 41.8 Å². The molecule has 0 bridgehead atoms. The van der Waals surface area contributed by atoms with E-state index in [9.17, 15) is 9.50 Å². The number of hydrogen-bond donors (Lipinski definition) is 1. The summed E-state index contributed by atoms with van der Waals surface area (Å²) >= 11 is 0. The normalized spacial score (nSPS) is 18.8. The fourth-order valence-corrected chi connectivity index (χ4v) is 2.62. The summed E-state index contributed by atoms with van der Waals surface area (Å²) in [6.07, 6.45) is 3.06. The minimum atomic E-state index is -0.326. The molecule has 0 aliphatic carbocycles. The van der Waals surface area contributed by atoms with Gasteiger partial charge in [0.2, 0.25) is 0 Å². The highest BCUT2D eigenvalue weighted by Crippen LogP contribution is 2.23. The summed E-state index contributed by atoms with van der Waals surface area (Å²) in [6, 6.07) is 6.83. The molecule has 1 aliphatic heterocycles. The smallest absolute Gasteiger partial charge is 0.164 e. The Bertz CT molecular complexity index is 647. The molecule has 1 aromatic heterocycles. The van der Waals surface area contributed by atoms with Crippen LogP contribution >= 0.6 is 0 Å². The van der Waals surface area contributed by atoms with Gasteiger partial charge in [-0.1, -0.05) is 6.07 Å². The lowest BCUT2D eigenvalue weighted by Crippen LogP contribution is -2.38. The Labute approximate surface area is 123 Å². The molecule has 2 aromatic rings. The van der Waals surface area contributed by atoms with Crippen molar-refractivity contribution in [3.8, 4) is 11.4 Å². The Morgan fingerprint density at radius 1 is 1.33 bits per heavy atom. The number of aromatic nitrogens is 2. The third kappa shape index (κ3) is 3.03. The van der Waals surface area contributed by atoms with Crippen molar-refractivity contribution in [3.63, 3.8) is 0 Å². The number of aryl methyl sites for hydroxylation is 1. The third-order valence-electron chi connectivity index (χ3n) is 3.73. The number of β-amino-alcohol motifs (C(OH)–C–C–N with tert-alkyl or cyclic N) is 1. The highest BCUT2D eigenvalue weighted by atomic mass is 19.1. The summed E-state index contributed by atoms with van der Waals surface area (Å²) in [5.74, 6) is 0.801. The standard InChI is InChI=1S/C16H18FN3O/c1-11-4-5-13(14(17)9-11)16-18-7-6-15(19-16)20-8-2-3-12(21)10-20/h4-7,9,12,21H,2-3,8,10H2,1H3/t12-/m1/s1. The monoisotopic (exact) mass is 287 g/mol. The number of piperidine rings is 1. The molecule has 2 heterocycles. The van der Waals surface area contributed by atoms with Crippen LogP contribution in [0.15, 0.2) is 30.5 Å². The van der Waals surface area contributed by atoms with Crippen molar-refractivity contribution < 1.29 is 9.50 Å². The van der Waals surface area contributed by atoms with Crippen LogP contribution in [0.4, 0.5) is 10.2 Å². The van der Waals surface area contributed by atoms with Crippen molar-refractivity contribution in [2.75, 3.05) is 18.0 Å². The molecule has 4 nitrogen and oxygen atoms in total. The van der Waals surface area contributed by atoms with E-state index in [-0.39, 0.29) is 11.9 Å². The SMILES string of the molecule is Cc1ccc(-c2nccc(N3CCC[C@@H](O)C3)n2)c(F)c1. The van der Waals surface area contributed by atoms with Crippen molar-refractivity contribution in [2.45, 2.75) is 25.9 Å². The van der Waals surface area contributed by atoms with Gasteiger partial charge >= 0.3 is 0 Å². The Kier molecular flexibility index (Phi) is 3.84. The first kappa shape index (κ1) is 13.9. The zero-order valence-corrected chi connectivity index (χ0v) is 12.0. The van der Waals surface area contributed by atoms with Gasteiger partial charge < -0.3 is 10.0 Å². The molecule has 0 radical (unpaired) electrons. The fourth-order valence-electron chi connectivity index (χ4n) is 2.62. The summed E-state index contributed by atoms with van der Waals surface area (Å²) in [4.78, 5) is 10.6. The molecule has 3 rings (SSSR count). The molecule has 1 saturated heterocycles. The van der Waals surface area contributed by atoms with E-state index in [2.05, 4.69) is 9.97 Å². The molecule has 1 fully saturated rings. The fraction of sp³-hybridized carbons (Fsp3) is 0.375. The number of benzene rings is 1. The maximum atomic E-state index is 14.0. The van der Waals surface area contributed by atoms with Crippen LogP contribution in [0.25, 0.3) is 11.4 Å².